The normalized spacial score (nSPS) is 27.7. The molecule has 2 heterocycles. The molecule has 0 aromatic carbocycles. The molecule has 0 radical (unpaired) electrons. The molecule has 2 unspecified atom stereocenters. The van der Waals surface area contributed by atoms with Crippen LogP contribution >= 0.6 is 0 Å². The number of nitrogens with zero attached hydrogens (tertiary/aromatic N) is 2. The Kier molecular flexibility index (Phi) is 5.85. The van der Waals surface area contributed by atoms with Crippen LogP contribution in [0.5, 0.6) is 0 Å². The summed E-state index contributed by atoms with van der Waals surface area (Å²) in [4.78, 5) is 16.4. The molecule has 0 aliphatic carbocycles. The molecule has 2 aliphatic rings. The highest BCUT2D eigenvalue weighted by atomic mass is 32.2. The number of likely N-dealkylation sites (tertiary alicyclic amines) is 1. The molecule has 0 spiro atoms. The molecule has 7 heteroatoms. The quantitative estimate of drug-likeness (QED) is 0.771. The summed E-state index contributed by atoms with van der Waals surface area (Å²) in [5.74, 6) is 0.943. The lowest BCUT2D eigenvalue weighted by molar-refractivity contribution is -0.134. The van der Waals surface area contributed by atoms with Crippen molar-refractivity contribution in [1.82, 2.24) is 9.80 Å². The van der Waals surface area contributed by atoms with Crippen LogP contribution in [0.4, 0.5) is 0 Å². The van der Waals surface area contributed by atoms with Crippen LogP contribution in [0.3, 0.4) is 0 Å². The first kappa shape index (κ1) is 17.7. The molecule has 0 bridgehead atoms. The maximum atomic E-state index is 12.5. The van der Waals surface area contributed by atoms with E-state index in [1.807, 2.05) is 13.8 Å². The molecule has 2 aliphatic heterocycles. The third-order valence-corrected chi connectivity index (χ3v) is 6.80. The van der Waals surface area contributed by atoms with E-state index < -0.39 is 9.84 Å². The number of piperidine rings is 1. The van der Waals surface area contributed by atoms with Crippen molar-refractivity contribution in [2.75, 3.05) is 37.7 Å². The van der Waals surface area contributed by atoms with Crippen LogP contribution in [-0.2, 0) is 14.6 Å². The number of nitrogens with two attached hydrogens (primary N) is 1. The molecule has 128 valence electrons. The summed E-state index contributed by atoms with van der Waals surface area (Å²) < 4.78 is 23.2. The lowest BCUT2D eigenvalue weighted by Crippen LogP contribution is -2.48. The van der Waals surface area contributed by atoms with Crippen LogP contribution in [-0.4, -0.2) is 73.9 Å². The van der Waals surface area contributed by atoms with Gasteiger partial charge >= 0.3 is 0 Å². The first-order valence-corrected chi connectivity index (χ1v) is 10.1. The number of likely N-dealkylation sites (N-methyl/N-ethyl adjacent to an activating group) is 1. The number of carbonyl (C=O) groups is 1. The van der Waals surface area contributed by atoms with Gasteiger partial charge in [0.2, 0.25) is 5.91 Å². The summed E-state index contributed by atoms with van der Waals surface area (Å²) in [5, 5.41) is 0. The van der Waals surface area contributed by atoms with Gasteiger partial charge in [0, 0.05) is 18.6 Å². The highest BCUT2D eigenvalue weighted by molar-refractivity contribution is 7.91. The Hall–Kier alpha value is -0.660. The Morgan fingerprint density at radius 2 is 1.95 bits per heavy atom. The number of carbonyl (C=O) groups excluding carboxylic acids is 1. The van der Waals surface area contributed by atoms with Gasteiger partial charge in [0.05, 0.1) is 18.1 Å². The van der Waals surface area contributed by atoms with Crippen molar-refractivity contribution >= 4 is 15.7 Å². The van der Waals surface area contributed by atoms with Crippen LogP contribution < -0.4 is 5.73 Å². The van der Waals surface area contributed by atoms with E-state index in [0.717, 1.165) is 25.9 Å². The minimum absolute atomic E-state index is 0.0591. The number of rotatable bonds is 5. The number of hydrogen-bond donors (Lipinski definition) is 1. The van der Waals surface area contributed by atoms with E-state index in [2.05, 4.69) is 4.90 Å². The summed E-state index contributed by atoms with van der Waals surface area (Å²) in [5.41, 5.74) is 5.94. The molecule has 6 nitrogen and oxygen atoms in total. The standard InChI is InChI=1S/C15H29N3O3S/c1-3-18(14-6-9-22(20,21)11-14)15(19)10-17-7-4-13(5-8-17)12(2)16/h12-14H,3-11,16H2,1-2H3. The average Bonchev–Trinajstić information content (AvgIpc) is 2.80. The Morgan fingerprint density at radius 1 is 1.32 bits per heavy atom. The van der Waals surface area contributed by atoms with Crippen LogP contribution in [0.15, 0.2) is 0 Å². The minimum atomic E-state index is -2.96. The second-order valence-corrected chi connectivity index (χ2v) is 8.94. The van der Waals surface area contributed by atoms with Crippen molar-refractivity contribution in [3.63, 3.8) is 0 Å². The van der Waals surface area contributed by atoms with Crippen LogP contribution in [0, 0.1) is 5.92 Å². The molecular weight excluding hydrogens is 302 g/mol. The van der Waals surface area contributed by atoms with E-state index in [-0.39, 0.29) is 29.5 Å². The molecule has 2 atom stereocenters. The molecule has 0 aromatic rings. The van der Waals surface area contributed by atoms with Gasteiger partial charge in [-0.2, -0.15) is 0 Å². The van der Waals surface area contributed by atoms with E-state index in [4.69, 9.17) is 5.73 Å². The van der Waals surface area contributed by atoms with E-state index in [1.54, 1.807) is 4.90 Å². The van der Waals surface area contributed by atoms with Crippen LogP contribution in [0.2, 0.25) is 0 Å². The molecule has 22 heavy (non-hydrogen) atoms. The van der Waals surface area contributed by atoms with Crippen molar-refractivity contribution in [3.05, 3.63) is 0 Å². The molecule has 2 fully saturated rings. The first-order chi connectivity index (χ1) is 10.3. The lowest BCUT2D eigenvalue weighted by Gasteiger charge is -2.35. The molecule has 2 N–H and O–H groups in total. The maximum Gasteiger partial charge on any atom is 0.237 e. The third-order valence-electron chi connectivity index (χ3n) is 5.04. The van der Waals surface area contributed by atoms with Crippen molar-refractivity contribution in [2.24, 2.45) is 11.7 Å². The van der Waals surface area contributed by atoms with Gasteiger partial charge in [-0.1, -0.05) is 0 Å². The van der Waals surface area contributed by atoms with Crippen LogP contribution in [0.1, 0.15) is 33.1 Å². The first-order valence-electron chi connectivity index (χ1n) is 8.30. The van der Waals surface area contributed by atoms with Crippen molar-refractivity contribution in [1.29, 1.82) is 0 Å². The topological polar surface area (TPSA) is 83.7 Å². The number of hydrogen-bond acceptors (Lipinski definition) is 5. The number of sulfone groups is 1. The van der Waals surface area contributed by atoms with Gasteiger partial charge in [0.25, 0.3) is 0 Å². The summed E-state index contributed by atoms with van der Waals surface area (Å²) in [6, 6.07) is 0.0813. The van der Waals surface area contributed by atoms with Gasteiger partial charge < -0.3 is 10.6 Å². The fourth-order valence-electron chi connectivity index (χ4n) is 3.58. The molecular formula is C15H29N3O3S. The van der Waals surface area contributed by atoms with E-state index >= 15 is 0 Å². The third kappa shape index (κ3) is 4.43. The molecule has 2 rings (SSSR count). The fraction of sp³-hybridized carbons (Fsp3) is 0.933. The van der Waals surface area contributed by atoms with Gasteiger partial charge in [-0.25, -0.2) is 8.42 Å². The van der Waals surface area contributed by atoms with Gasteiger partial charge in [-0.3, -0.25) is 9.69 Å². The van der Waals surface area contributed by atoms with E-state index in [0.29, 0.717) is 25.4 Å². The van der Waals surface area contributed by atoms with Gasteiger partial charge in [-0.05, 0) is 52.1 Å². The van der Waals surface area contributed by atoms with E-state index in [1.165, 1.54) is 0 Å². The zero-order valence-electron chi connectivity index (χ0n) is 13.7. The van der Waals surface area contributed by atoms with Crippen molar-refractivity contribution in [3.8, 4) is 0 Å². The van der Waals surface area contributed by atoms with Crippen molar-refractivity contribution in [2.45, 2.75) is 45.2 Å². The Bertz CT molecular complexity index is 484. The molecule has 0 aromatic heterocycles. The fourth-order valence-corrected chi connectivity index (χ4v) is 5.31. The van der Waals surface area contributed by atoms with Crippen molar-refractivity contribution < 1.29 is 13.2 Å². The summed E-state index contributed by atoms with van der Waals surface area (Å²) in [6.07, 6.45) is 2.65. The largest absolute Gasteiger partial charge is 0.338 e. The summed E-state index contributed by atoms with van der Waals surface area (Å²) in [6.45, 7) is 6.75. The lowest BCUT2D eigenvalue weighted by atomic mass is 9.91. The predicted octanol–water partition coefficient (Wildman–Crippen LogP) is 0.0812. The molecule has 2 saturated heterocycles. The van der Waals surface area contributed by atoms with Gasteiger partial charge in [0.15, 0.2) is 9.84 Å². The highest BCUT2D eigenvalue weighted by Gasteiger charge is 2.34. The summed E-state index contributed by atoms with van der Waals surface area (Å²) >= 11 is 0. The SMILES string of the molecule is CCN(C(=O)CN1CCC(C(C)N)CC1)C1CCS(=O)(=O)C1. The smallest absolute Gasteiger partial charge is 0.237 e. The van der Waals surface area contributed by atoms with E-state index in [9.17, 15) is 13.2 Å². The Balaban J connectivity index is 1.86. The van der Waals surface area contributed by atoms with Gasteiger partial charge in [-0.15, -0.1) is 0 Å². The second kappa shape index (κ2) is 7.27. The Morgan fingerprint density at radius 3 is 2.41 bits per heavy atom. The van der Waals surface area contributed by atoms with Crippen LogP contribution in [0.25, 0.3) is 0 Å². The highest BCUT2D eigenvalue weighted by Crippen LogP contribution is 2.21. The summed E-state index contributed by atoms with van der Waals surface area (Å²) in [7, 11) is -2.96. The van der Waals surface area contributed by atoms with Gasteiger partial charge in [0.1, 0.15) is 0 Å². The number of amides is 1. The predicted molar refractivity (Wildman–Crippen MR) is 87.3 cm³/mol. The second-order valence-electron chi connectivity index (χ2n) is 6.71. The monoisotopic (exact) mass is 331 g/mol. The average molecular weight is 331 g/mol. The zero-order valence-corrected chi connectivity index (χ0v) is 14.5. The minimum Gasteiger partial charge on any atom is -0.338 e. The molecule has 1 amide bonds. The maximum absolute atomic E-state index is 12.5. The zero-order chi connectivity index (χ0) is 16.3. The Labute approximate surface area is 133 Å². The molecule has 0 saturated carbocycles.